The highest BCUT2D eigenvalue weighted by Gasteiger charge is 2.29. The molecule has 0 spiro atoms. The summed E-state index contributed by atoms with van der Waals surface area (Å²) in [6.07, 6.45) is 6.18. The van der Waals surface area contributed by atoms with E-state index in [1.54, 1.807) is 49.1 Å². The van der Waals surface area contributed by atoms with Crippen molar-refractivity contribution in [2.24, 2.45) is 0 Å². The zero-order valence-electron chi connectivity index (χ0n) is 19.6. The number of nitrogens with one attached hydrogen (secondary N) is 2. The predicted octanol–water partition coefficient (Wildman–Crippen LogP) is 3.94. The molecule has 2 unspecified atom stereocenters. The first-order valence-electron chi connectivity index (χ1n) is 11.2. The monoisotopic (exact) mass is 512 g/mol. The van der Waals surface area contributed by atoms with E-state index in [2.05, 4.69) is 20.6 Å². The van der Waals surface area contributed by atoms with E-state index in [-0.39, 0.29) is 22.5 Å². The fourth-order valence-electron chi connectivity index (χ4n) is 3.78. The molecule has 2 amide bonds. The maximum absolute atomic E-state index is 13.2. The SMILES string of the molecule is O=C(NC(c1ccncc1)C(NC(=O)c1ccc([N+](=O)[O-])cc1)c1ccncc1)c1ccc([N+](=O)[O-])cc1. The van der Waals surface area contributed by atoms with Crippen molar-refractivity contribution in [3.8, 4) is 0 Å². The van der Waals surface area contributed by atoms with Gasteiger partial charge in [-0.1, -0.05) is 0 Å². The average molecular weight is 512 g/mol. The summed E-state index contributed by atoms with van der Waals surface area (Å²) in [6.45, 7) is 0. The van der Waals surface area contributed by atoms with Gasteiger partial charge >= 0.3 is 0 Å². The van der Waals surface area contributed by atoms with Gasteiger partial charge in [-0.15, -0.1) is 0 Å². The summed E-state index contributed by atoms with van der Waals surface area (Å²) in [5.74, 6) is -1.05. The summed E-state index contributed by atoms with van der Waals surface area (Å²) in [5.41, 5.74) is 1.31. The number of hydrogen-bond acceptors (Lipinski definition) is 8. The number of aromatic nitrogens is 2. The summed E-state index contributed by atoms with van der Waals surface area (Å²) in [5, 5.41) is 27.8. The second-order valence-corrected chi connectivity index (χ2v) is 8.07. The highest BCUT2D eigenvalue weighted by atomic mass is 16.6. The molecule has 0 radical (unpaired) electrons. The van der Waals surface area contributed by atoms with Crippen LogP contribution < -0.4 is 10.6 Å². The Morgan fingerprint density at radius 3 is 1.18 bits per heavy atom. The Labute approximate surface area is 215 Å². The molecule has 2 atom stereocenters. The van der Waals surface area contributed by atoms with Gasteiger partial charge in [0.25, 0.3) is 23.2 Å². The van der Waals surface area contributed by atoms with Gasteiger partial charge in [0.1, 0.15) is 0 Å². The van der Waals surface area contributed by atoms with Crippen LogP contribution in [0.4, 0.5) is 11.4 Å². The van der Waals surface area contributed by atoms with Crippen molar-refractivity contribution in [1.82, 2.24) is 20.6 Å². The predicted molar refractivity (Wildman–Crippen MR) is 135 cm³/mol. The molecule has 0 saturated carbocycles. The zero-order valence-corrected chi connectivity index (χ0v) is 19.6. The molecule has 4 rings (SSSR count). The number of non-ortho nitro benzene ring substituents is 2. The standard InChI is InChI=1S/C26H20N6O6/c33-25(19-1-5-21(6-2-19)31(35)36)29-23(17-9-13-27-14-10-17)24(18-11-15-28-16-12-18)30-26(34)20-3-7-22(8-4-20)32(37)38/h1-16,23-24H,(H,29,33)(H,30,34). The van der Waals surface area contributed by atoms with Crippen molar-refractivity contribution >= 4 is 23.2 Å². The quantitative estimate of drug-likeness (QED) is 0.251. The number of nitrogens with zero attached hydrogens (tertiary/aromatic N) is 4. The van der Waals surface area contributed by atoms with Gasteiger partial charge in [0, 0.05) is 60.2 Å². The van der Waals surface area contributed by atoms with Crippen molar-refractivity contribution < 1.29 is 19.4 Å². The molecule has 4 aromatic rings. The van der Waals surface area contributed by atoms with Gasteiger partial charge in [-0.2, -0.15) is 0 Å². The normalized spacial score (nSPS) is 12.1. The van der Waals surface area contributed by atoms with Gasteiger partial charge in [-0.05, 0) is 59.7 Å². The minimum absolute atomic E-state index is 0.155. The molecule has 0 aliphatic heterocycles. The van der Waals surface area contributed by atoms with Crippen molar-refractivity contribution in [2.75, 3.05) is 0 Å². The number of benzene rings is 2. The Morgan fingerprint density at radius 1 is 0.579 bits per heavy atom. The summed E-state index contributed by atoms with van der Waals surface area (Å²) < 4.78 is 0. The Bertz CT molecular complexity index is 1330. The molecule has 190 valence electrons. The van der Waals surface area contributed by atoms with Crippen LogP contribution in [-0.2, 0) is 0 Å². The van der Waals surface area contributed by atoms with E-state index in [1.165, 1.54) is 48.5 Å². The van der Waals surface area contributed by atoms with Crippen molar-refractivity contribution in [1.29, 1.82) is 0 Å². The minimum atomic E-state index is -0.801. The van der Waals surface area contributed by atoms with Gasteiger partial charge in [0.2, 0.25) is 0 Å². The molecule has 0 bridgehead atoms. The molecule has 12 heteroatoms. The van der Waals surface area contributed by atoms with Crippen LogP contribution >= 0.6 is 0 Å². The van der Waals surface area contributed by atoms with Crippen molar-refractivity contribution in [3.63, 3.8) is 0 Å². The highest BCUT2D eigenvalue weighted by Crippen LogP contribution is 2.30. The van der Waals surface area contributed by atoms with E-state index >= 15 is 0 Å². The van der Waals surface area contributed by atoms with Crippen LogP contribution in [0.1, 0.15) is 43.9 Å². The molecule has 2 aromatic carbocycles. The molecule has 0 aliphatic rings. The van der Waals surface area contributed by atoms with Crippen LogP contribution in [0.15, 0.2) is 97.6 Å². The van der Waals surface area contributed by atoms with Gasteiger partial charge in [0.15, 0.2) is 0 Å². The molecule has 0 fully saturated rings. The largest absolute Gasteiger partial charge is 0.343 e. The van der Waals surface area contributed by atoms with Gasteiger partial charge in [-0.25, -0.2) is 0 Å². The van der Waals surface area contributed by atoms with Crippen LogP contribution in [0.5, 0.6) is 0 Å². The highest BCUT2D eigenvalue weighted by molar-refractivity contribution is 5.96. The Hall–Kier alpha value is -5.52. The lowest BCUT2D eigenvalue weighted by atomic mass is 9.93. The summed E-state index contributed by atoms with van der Waals surface area (Å²) >= 11 is 0. The first-order valence-corrected chi connectivity index (χ1v) is 11.2. The first kappa shape index (κ1) is 25.6. The molecule has 38 heavy (non-hydrogen) atoms. The Morgan fingerprint density at radius 2 is 0.895 bits per heavy atom. The molecule has 2 aromatic heterocycles. The Kier molecular flexibility index (Phi) is 7.72. The number of rotatable bonds is 9. The minimum Gasteiger partial charge on any atom is -0.343 e. The molecule has 0 saturated heterocycles. The third-order valence-electron chi connectivity index (χ3n) is 5.72. The summed E-state index contributed by atoms with van der Waals surface area (Å²) in [4.78, 5) is 55.3. The van der Waals surface area contributed by atoms with E-state index in [1.807, 2.05) is 0 Å². The molecule has 12 nitrogen and oxygen atoms in total. The van der Waals surface area contributed by atoms with Crippen LogP contribution in [0.2, 0.25) is 0 Å². The smallest absolute Gasteiger partial charge is 0.269 e. The number of hydrogen-bond donors (Lipinski definition) is 2. The fraction of sp³-hybridized carbons (Fsp3) is 0.0769. The lowest BCUT2D eigenvalue weighted by molar-refractivity contribution is -0.385. The number of nitro benzene ring substituents is 2. The molecule has 2 N–H and O–H groups in total. The van der Waals surface area contributed by atoms with Crippen LogP contribution in [0, 0.1) is 20.2 Å². The van der Waals surface area contributed by atoms with Gasteiger partial charge in [0.05, 0.1) is 21.9 Å². The van der Waals surface area contributed by atoms with E-state index in [0.717, 1.165) is 0 Å². The lowest BCUT2D eigenvalue weighted by Gasteiger charge is -2.30. The summed E-state index contributed by atoms with van der Waals surface area (Å²) in [6, 6.07) is 15.4. The fourth-order valence-corrected chi connectivity index (χ4v) is 3.78. The zero-order chi connectivity index (χ0) is 27.1. The molecular weight excluding hydrogens is 492 g/mol. The van der Waals surface area contributed by atoms with Crippen molar-refractivity contribution in [2.45, 2.75) is 12.1 Å². The third-order valence-corrected chi connectivity index (χ3v) is 5.72. The molecule has 2 heterocycles. The number of carbonyl (C=O) groups is 2. The molecule has 0 aliphatic carbocycles. The maximum atomic E-state index is 13.2. The lowest BCUT2D eigenvalue weighted by Crippen LogP contribution is -2.40. The summed E-state index contributed by atoms with van der Waals surface area (Å²) in [7, 11) is 0. The second kappa shape index (κ2) is 11.5. The Balaban J connectivity index is 1.69. The number of amides is 2. The van der Waals surface area contributed by atoms with Gasteiger partial charge in [-0.3, -0.25) is 39.8 Å². The van der Waals surface area contributed by atoms with E-state index in [9.17, 15) is 29.8 Å². The number of carbonyl (C=O) groups excluding carboxylic acids is 2. The van der Waals surface area contributed by atoms with E-state index in [4.69, 9.17) is 0 Å². The van der Waals surface area contributed by atoms with Crippen LogP contribution in [0.3, 0.4) is 0 Å². The van der Waals surface area contributed by atoms with Crippen LogP contribution in [0.25, 0.3) is 0 Å². The topological polar surface area (TPSA) is 170 Å². The van der Waals surface area contributed by atoms with E-state index < -0.39 is 33.7 Å². The van der Waals surface area contributed by atoms with Gasteiger partial charge < -0.3 is 10.6 Å². The molecular formula is C26H20N6O6. The van der Waals surface area contributed by atoms with Crippen LogP contribution in [-0.4, -0.2) is 31.6 Å². The number of nitro groups is 2. The van der Waals surface area contributed by atoms with E-state index in [0.29, 0.717) is 11.1 Å². The average Bonchev–Trinajstić information content (AvgIpc) is 2.95. The number of pyridine rings is 2. The first-order chi connectivity index (χ1) is 18.3. The third kappa shape index (κ3) is 5.99. The van der Waals surface area contributed by atoms with Crippen molar-refractivity contribution in [3.05, 3.63) is 140 Å². The maximum Gasteiger partial charge on any atom is 0.269 e. The second-order valence-electron chi connectivity index (χ2n) is 8.07.